The van der Waals surface area contributed by atoms with Crippen LogP contribution >= 0.6 is 12.2 Å². The zero-order chi connectivity index (χ0) is 18.9. The molecule has 140 valence electrons. The van der Waals surface area contributed by atoms with Gasteiger partial charge in [-0.25, -0.2) is 0 Å². The highest BCUT2D eigenvalue weighted by Crippen LogP contribution is 2.17. The summed E-state index contributed by atoms with van der Waals surface area (Å²) in [4.78, 5) is 2.39. The number of benzene rings is 2. The summed E-state index contributed by atoms with van der Waals surface area (Å²) in [5, 5.41) is 7.24. The molecule has 0 aliphatic heterocycles. The molecule has 0 radical (unpaired) electrons. The van der Waals surface area contributed by atoms with Crippen molar-refractivity contribution < 1.29 is 0 Å². The topological polar surface area (TPSA) is 27.3 Å². The molecule has 0 amide bonds. The molecule has 2 rings (SSSR count). The van der Waals surface area contributed by atoms with Gasteiger partial charge in [0.2, 0.25) is 0 Å². The molecule has 2 aromatic carbocycles. The van der Waals surface area contributed by atoms with E-state index in [1.165, 1.54) is 16.8 Å². The zero-order valence-electron chi connectivity index (χ0n) is 16.4. The number of hydrogen-bond donors (Lipinski definition) is 2. The highest BCUT2D eigenvalue weighted by atomic mass is 32.1. The third kappa shape index (κ3) is 6.34. The van der Waals surface area contributed by atoms with E-state index in [0.29, 0.717) is 11.0 Å². The summed E-state index contributed by atoms with van der Waals surface area (Å²) >= 11 is 5.40. The van der Waals surface area contributed by atoms with Crippen LogP contribution in [-0.4, -0.2) is 24.7 Å². The second-order valence-electron chi connectivity index (χ2n) is 6.93. The Kier molecular flexibility index (Phi) is 7.92. The molecule has 0 atom stereocenters. The van der Waals surface area contributed by atoms with Crippen molar-refractivity contribution in [2.24, 2.45) is 0 Å². The molecular formula is C22H31N3S. The number of anilines is 2. The van der Waals surface area contributed by atoms with Crippen molar-refractivity contribution in [3.63, 3.8) is 0 Å². The number of thiocarbonyl (C=S) groups is 1. The SMILES string of the molecule is CCN(CCCNC(=S)Nc1ccc(C(C)C)cc1)c1ccc(C)cc1. The first-order chi connectivity index (χ1) is 12.5. The maximum Gasteiger partial charge on any atom is 0.170 e. The van der Waals surface area contributed by atoms with E-state index >= 15 is 0 Å². The molecule has 0 spiro atoms. The van der Waals surface area contributed by atoms with Gasteiger partial charge in [-0.1, -0.05) is 43.7 Å². The summed E-state index contributed by atoms with van der Waals surface area (Å²) < 4.78 is 0. The van der Waals surface area contributed by atoms with Crippen LogP contribution in [0.2, 0.25) is 0 Å². The largest absolute Gasteiger partial charge is 0.372 e. The van der Waals surface area contributed by atoms with E-state index in [4.69, 9.17) is 12.2 Å². The van der Waals surface area contributed by atoms with Gasteiger partial charge in [0.25, 0.3) is 0 Å². The molecule has 2 N–H and O–H groups in total. The molecule has 4 heteroatoms. The van der Waals surface area contributed by atoms with Crippen LogP contribution in [0.1, 0.15) is 44.2 Å². The van der Waals surface area contributed by atoms with Gasteiger partial charge in [-0.15, -0.1) is 0 Å². The predicted octanol–water partition coefficient (Wildman–Crippen LogP) is 5.32. The van der Waals surface area contributed by atoms with E-state index in [9.17, 15) is 0 Å². The van der Waals surface area contributed by atoms with E-state index in [1.54, 1.807) is 0 Å². The minimum Gasteiger partial charge on any atom is -0.372 e. The third-order valence-corrected chi connectivity index (χ3v) is 4.75. The van der Waals surface area contributed by atoms with Gasteiger partial charge in [-0.2, -0.15) is 0 Å². The molecule has 0 bridgehead atoms. The van der Waals surface area contributed by atoms with Crippen molar-refractivity contribution >= 4 is 28.7 Å². The first-order valence-electron chi connectivity index (χ1n) is 9.46. The molecule has 0 fully saturated rings. The van der Waals surface area contributed by atoms with Crippen molar-refractivity contribution in [1.82, 2.24) is 5.32 Å². The average molecular weight is 370 g/mol. The van der Waals surface area contributed by atoms with Gasteiger partial charge in [0.1, 0.15) is 0 Å². The molecule has 0 saturated carbocycles. The second kappa shape index (κ2) is 10.2. The number of nitrogens with one attached hydrogen (secondary N) is 2. The first-order valence-corrected chi connectivity index (χ1v) is 9.87. The normalized spacial score (nSPS) is 10.7. The van der Waals surface area contributed by atoms with Gasteiger partial charge < -0.3 is 15.5 Å². The van der Waals surface area contributed by atoms with E-state index in [0.717, 1.165) is 31.7 Å². The van der Waals surface area contributed by atoms with E-state index in [2.05, 4.69) is 91.8 Å². The number of aryl methyl sites for hydroxylation is 1. The molecule has 0 unspecified atom stereocenters. The Morgan fingerprint density at radius 2 is 1.69 bits per heavy atom. The molecule has 0 heterocycles. The lowest BCUT2D eigenvalue weighted by Gasteiger charge is -2.23. The van der Waals surface area contributed by atoms with Crippen molar-refractivity contribution in [3.05, 3.63) is 59.7 Å². The maximum absolute atomic E-state index is 5.40. The Morgan fingerprint density at radius 3 is 2.27 bits per heavy atom. The summed E-state index contributed by atoms with van der Waals surface area (Å²) in [6.07, 6.45) is 1.04. The molecule has 0 aromatic heterocycles. The fraction of sp³-hybridized carbons (Fsp3) is 0.409. The lowest BCUT2D eigenvalue weighted by molar-refractivity contribution is 0.726. The smallest absolute Gasteiger partial charge is 0.170 e. The van der Waals surface area contributed by atoms with Crippen LogP contribution in [-0.2, 0) is 0 Å². The molecule has 26 heavy (non-hydrogen) atoms. The van der Waals surface area contributed by atoms with Gasteiger partial charge in [0.15, 0.2) is 5.11 Å². The zero-order valence-corrected chi connectivity index (χ0v) is 17.2. The van der Waals surface area contributed by atoms with Crippen LogP contribution in [0.4, 0.5) is 11.4 Å². The Labute approximate surface area is 163 Å². The summed E-state index contributed by atoms with van der Waals surface area (Å²) in [6, 6.07) is 17.2. The van der Waals surface area contributed by atoms with Crippen LogP contribution in [0.5, 0.6) is 0 Å². The van der Waals surface area contributed by atoms with Crippen molar-refractivity contribution in [1.29, 1.82) is 0 Å². The predicted molar refractivity (Wildman–Crippen MR) is 118 cm³/mol. The van der Waals surface area contributed by atoms with E-state index in [1.807, 2.05) is 0 Å². The van der Waals surface area contributed by atoms with Gasteiger partial charge in [0.05, 0.1) is 0 Å². The highest BCUT2D eigenvalue weighted by Gasteiger charge is 2.04. The standard InChI is InChI=1S/C22H31N3S/c1-5-25(21-13-7-18(4)8-14-21)16-6-15-23-22(26)24-20-11-9-19(10-12-20)17(2)3/h7-14,17H,5-6,15-16H2,1-4H3,(H2,23,24,26). The van der Waals surface area contributed by atoms with Gasteiger partial charge in [-0.3, -0.25) is 0 Å². The highest BCUT2D eigenvalue weighted by molar-refractivity contribution is 7.80. The van der Waals surface area contributed by atoms with Gasteiger partial charge in [0, 0.05) is 31.0 Å². The minimum absolute atomic E-state index is 0.546. The lowest BCUT2D eigenvalue weighted by atomic mass is 10.0. The Balaban J connectivity index is 1.72. The van der Waals surface area contributed by atoms with Crippen molar-refractivity contribution in [3.8, 4) is 0 Å². The Hall–Kier alpha value is -2.07. The monoisotopic (exact) mass is 369 g/mol. The first kappa shape index (κ1) is 20.2. The van der Waals surface area contributed by atoms with Crippen LogP contribution < -0.4 is 15.5 Å². The fourth-order valence-electron chi connectivity index (χ4n) is 2.82. The fourth-order valence-corrected chi connectivity index (χ4v) is 3.04. The summed E-state index contributed by atoms with van der Waals surface area (Å²) in [5.74, 6) is 0.546. The number of nitrogens with zero attached hydrogens (tertiary/aromatic N) is 1. The molecule has 0 aliphatic carbocycles. The van der Waals surface area contributed by atoms with Crippen molar-refractivity contribution in [2.45, 2.75) is 40.0 Å². The second-order valence-corrected chi connectivity index (χ2v) is 7.33. The van der Waals surface area contributed by atoms with Crippen LogP contribution in [0, 0.1) is 6.92 Å². The Bertz CT molecular complexity index is 678. The van der Waals surface area contributed by atoms with Gasteiger partial charge in [-0.05, 0) is 68.2 Å². The molecule has 3 nitrogen and oxygen atoms in total. The number of hydrogen-bond acceptors (Lipinski definition) is 2. The molecule has 2 aromatic rings. The maximum atomic E-state index is 5.40. The van der Waals surface area contributed by atoms with E-state index in [-0.39, 0.29) is 0 Å². The third-order valence-electron chi connectivity index (χ3n) is 4.51. The summed E-state index contributed by atoms with van der Waals surface area (Å²) in [7, 11) is 0. The Morgan fingerprint density at radius 1 is 1.04 bits per heavy atom. The summed E-state index contributed by atoms with van der Waals surface area (Å²) in [5.41, 5.74) is 4.94. The average Bonchev–Trinajstić information content (AvgIpc) is 2.63. The lowest BCUT2D eigenvalue weighted by Crippen LogP contribution is -2.32. The minimum atomic E-state index is 0.546. The summed E-state index contributed by atoms with van der Waals surface area (Å²) in [6.45, 7) is 11.6. The quantitative estimate of drug-likeness (QED) is 0.486. The molecule has 0 aliphatic rings. The molecular weight excluding hydrogens is 338 g/mol. The van der Waals surface area contributed by atoms with Crippen LogP contribution in [0.3, 0.4) is 0 Å². The molecule has 0 saturated heterocycles. The van der Waals surface area contributed by atoms with Gasteiger partial charge >= 0.3 is 0 Å². The van der Waals surface area contributed by atoms with Crippen LogP contribution in [0.15, 0.2) is 48.5 Å². The van der Waals surface area contributed by atoms with Crippen molar-refractivity contribution in [2.75, 3.05) is 29.9 Å². The van der Waals surface area contributed by atoms with E-state index < -0.39 is 0 Å². The number of rotatable bonds is 8. The van der Waals surface area contributed by atoms with Crippen LogP contribution in [0.25, 0.3) is 0 Å².